The van der Waals surface area contributed by atoms with Crippen molar-refractivity contribution in [3.63, 3.8) is 0 Å². The van der Waals surface area contributed by atoms with E-state index >= 15 is 0 Å². The van der Waals surface area contributed by atoms with E-state index in [4.69, 9.17) is 0 Å². The van der Waals surface area contributed by atoms with Crippen LogP contribution in [0.3, 0.4) is 0 Å². The minimum Gasteiger partial charge on any atom is -0.306 e. The third-order valence-electron chi connectivity index (χ3n) is 3.28. The average Bonchev–Trinajstić information content (AvgIpc) is 2.25. The molecule has 1 aliphatic rings. The Labute approximate surface area is 106 Å². The third-order valence-corrected chi connectivity index (χ3v) is 3.99. The van der Waals surface area contributed by atoms with E-state index in [-0.39, 0.29) is 0 Å². The van der Waals surface area contributed by atoms with E-state index in [1.807, 2.05) is 0 Å². The number of likely N-dealkylation sites (tertiary alicyclic amines) is 1. The Morgan fingerprint density at radius 3 is 2.40 bits per heavy atom. The quantitative estimate of drug-likeness (QED) is 0.758. The summed E-state index contributed by atoms with van der Waals surface area (Å²) in [4.78, 5) is 2.43. The molecule has 0 aliphatic carbocycles. The van der Waals surface area contributed by atoms with Gasteiger partial charge in [-0.3, -0.25) is 0 Å². The number of hydrogen-bond donors (Lipinski definition) is 0. The average molecular weight is 315 g/mol. The van der Waals surface area contributed by atoms with Crippen LogP contribution < -0.4 is 0 Å². The molecule has 15 heavy (non-hydrogen) atoms. The van der Waals surface area contributed by atoms with Crippen LogP contribution in [0, 0.1) is 9.49 Å². The van der Waals surface area contributed by atoms with Gasteiger partial charge in [-0.15, -0.1) is 0 Å². The van der Waals surface area contributed by atoms with E-state index < -0.39 is 0 Å². The molecule has 1 fully saturated rings. The van der Waals surface area contributed by atoms with Crippen LogP contribution in [0.5, 0.6) is 0 Å². The summed E-state index contributed by atoms with van der Waals surface area (Å²) >= 11 is 2.36. The van der Waals surface area contributed by atoms with Gasteiger partial charge in [0.1, 0.15) is 0 Å². The first-order chi connectivity index (χ1) is 7.24. The van der Waals surface area contributed by atoms with E-state index in [1.54, 1.807) is 0 Å². The molecule has 1 saturated heterocycles. The van der Waals surface area contributed by atoms with E-state index in [1.165, 1.54) is 41.5 Å². The summed E-state index contributed by atoms with van der Waals surface area (Å²) in [5, 5.41) is 0. The lowest BCUT2D eigenvalue weighted by molar-refractivity contribution is 0.219. The molecule has 0 amide bonds. The van der Waals surface area contributed by atoms with Gasteiger partial charge in [0.25, 0.3) is 0 Å². The fourth-order valence-electron chi connectivity index (χ4n) is 2.22. The van der Waals surface area contributed by atoms with Crippen molar-refractivity contribution in [2.75, 3.05) is 20.1 Å². The first kappa shape index (κ1) is 11.4. The third kappa shape index (κ3) is 3.45. The summed E-state index contributed by atoms with van der Waals surface area (Å²) in [6.07, 6.45) is 4.00. The van der Waals surface area contributed by atoms with Gasteiger partial charge >= 0.3 is 0 Å². The number of piperidine rings is 1. The lowest BCUT2D eigenvalue weighted by atomic mass is 9.90. The lowest BCUT2D eigenvalue weighted by Gasteiger charge is -2.28. The highest BCUT2D eigenvalue weighted by atomic mass is 127. The Morgan fingerprint density at radius 2 is 1.80 bits per heavy atom. The van der Waals surface area contributed by atoms with Crippen LogP contribution in [0.4, 0.5) is 0 Å². The van der Waals surface area contributed by atoms with Gasteiger partial charge in [-0.1, -0.05) is 12.1 Å². The maximum absolute atomic E-state index is 2.43. The minimum absolute atomic E-state index is 0.904. The summed E-state index contributed by atoms with van der Waals surface area (Å²) in [6.45, 7) is 2.55. The zero-order chi connectivity index (χ0) is 10.7. The number of rotatable bonds is 2. The van der Waals surface area contributed by atoms with Gasteiger partial charge < -0.3 is 4.90 Å². The van der Waals surface area contributed by atoms with Gasteiger partial charge in [0, 0.05) is 3.57 Å². The Bertz CT molecular complexity index is 299. The van der Waals surface area contributed by atoms with Crippen LogP contribution in [0.15, 0.2) is 24.3 Å². The van der Waals surface area contributed by atoms with Crippen molar-refractivity contribution in [3.8, 4) is 0 Å². The van der Waals surface area contributed by atoms with Gasteiger partial charge in [-0.05, 0) is 85.6 Å². The van der Waals surface area contributed by atoms with Gasteiger partial charge in [-0.25, -0.2) is 0 Å². The van der Waals surface area contributed by atoms with Crippen molar-refractivity contribution in [2.24, 2.45) is 5.92 Å². The molecule has 1 heterocycles. The standard InChI is InChI=1S/C13H18IN/c1-15-8-6-12(7-9-15)10-11-2-4-13(14)5-3-11/h2-5,12H,6-10H2,1H3. The topological polar surface area (TPSA) is 3.24 Å². The molecule has 0 N–H and O–H groups in total. The molecular formula is C13H18IN. The molecular weight excluding hydrogens is 297 g/mol. The molecule has 2 rings (SSSR count). The van der Waals surface area contributed by atoms with Crippen LogP contribution in [0.2, 0.25) is 0 Å². The van der Waals surface area contributed by atoms with Crippen molar-refractivity contribution in [3.05, 3.63) is 33.4 Å². The van der Waals surface area contributed by atoms with Gasteiger partial charge in [0.2, 0.25) is 0 Å². The fourth-order valence-corrected chi connectivity index (χ4v) is 2.58. The number of hydrogen-bond acceptors (Lipinski definition) is 1. The molecule has 82 valence electrons. The fraction of sp³-hybridized carbons (Fsp3) is 0.538. The van der Waals surface area contributed by atoms with Crippen molar-refractivity contribution in [1.29, 1.82) is 0 Å². The lowest BCUT2D eigenvalue weighted by Crippen LogP contribution is -2.30. The second-order valence-corrected chi connectivity index (χ2v) is 5.82. The predicted molar refractivity (Wildman–Crippen MR) is 73.1 cm³/mol. The SMILES string of the molecule is CN1CCC(Cc2ccc(I)cc2)CC1. The van der Waals surface area contributed by atoms with Crippen LogP contribution in [-0.4, -0.2) is 25.0 Å². The summed E-state index contributed by atoms with van der Waals surface area (Å²) < 4.78 is 1.33. The van der Waals surface area contributed by atoms with Crippen LogP contribution >= 0.6 is 22.6 Å². The summed E-state index contributed by atoms with van der Waals surface area (Å²) in [7, 11) is 2.22. The summed E-state index contributed by atoms with van der Waals surface area (Å²) in [5.41, 5.74) is 1.50. The predicted octanol–water partition coefficient (Wildman–Crippen LogP) is 3.18. The van der Waals surface area contributed by atoms with E-state index in [0.717, 1.165) is 5.92 Å². The Hall–Kier alpha value is -0.0900. The molecule has 0 aromatic heterocycles. The maximum Gasteiger partial charge on any atom is 0.0130 e. The van der Waals surface area contributed by atoms with Gasteiger partial charge in [-0.2, -0.15) is 0 Å². The molecule has 1 nitrogen and oxygen atoms in total. The molecule has 0 radical (unpaired) electrons. The number of halogens is 1. The zero-order valence-electron chi connectivity index (χ0n) is 9.25. The Kier molecular flexibility index (Phi) is 4.03. The Morgan fingerprint density at radius 1 is 1.20 bits per heavy atom. The van der Waals surface area contributed by atoms with E-state index in [0.29, 0.717) is 0 Å². The molecule has 0 spiro atoms. The molecule has 0 bridgehead atoms. The molecule has 1 aromatic carbocycles. The number of benzene rings is 1. The minimum atomic E-state index is 0.904. The molecule has 0 unspecified atom stereocenters. The van der Waals surface area contributed by atoms with Crippen molar-refractivity contribution in [1.82, 2.24) is 4.90 Å². The normalized spacial score (nSPS) is 19.3. The first-order valence-electron chi connectivity index (χ1n) is 5.67. The Balaban J connectivity index is 1.89. The van der Waals surface area contributed by atoms with Crippen molar-refractivity contribution in [2.45, 2.75) is 19.3 Å². The highest BCUT2D eigenvalue weighted by molar-refractivity contribution is 14.1. The highest BCUT2D eigenvalue weighted by Crippen LogP contribution is 2.21. The van der Waals surface area contributed by atoms with Gasteiger partial charge in [0.15, 0.2) is 0 Å². The molecule has 1 aliphatic heterocycles. The monoisotopic (exact) mass is 315 g/mol. The second kappa shape index (κ2) is 5.30. The summed E-state index contributed by atoms with van der Waals surface area (Å²) in [6, 6.07) is 8.98. The van der Waals surface area contributed by atoms with Crippen molar-refractivity contribution >= 4 is 22.6 Å². The smallest absolute Gasteiger partial charge is 0.0130 e. The van der Waals surface area contributed by atoms with E-state index in [9.17, 15) is 0 Å². The highest BCUT2D eigenvalue weighted by Gasteiger charge is 2.16. The number of nitrogens with zero attached hydrogens (tertiary/aromatic N) is 1. The summed E-state index contributed by atoms with van der Waals surface area (Å²) in [5.74, 6) is 0.904. The second-order valence-electron chi connectivity index (χ2n) is 4.58. The van der Waals surface area contributed by atoms with Crippen molar-refractivity contribution < 1.29 is 0 Å². The molecule has 1 aromatic rings. The van der Waals surface area contributed by atoms with Crippen LogP contribution in [0.1, 0.15) is 18.4 Å². The largest absolute Gasteiger partial charge is 0.306 e. The van der Waals surface area contributed by atoms with E-state index in [2.05, 4.69) is 58.8 Å². The van der Waals surface area contributed by atoms with Gasteiger partial charge in [0.05, 0.1) is 0 Å². The molecule has 0 atom stereocenters. The maximum atomic E-state index is 2.43. The molecule has 0 saturated carbocycles. The van der Waals surface area contributed by atoms with Crippen LogP contribution in [0.25, 0.3) is 0 Å². The molecule has 2 heteroatoms. The first-order valence-corrected chi connectivity index (χ1v) is 6.75. The van der Waals surface area contributed by atoms with Crippen LogP contribution in [-0.2, 0) is 6.42 Å². The zero-order valence-corrected chi connectivity index (χ0v) is 11.4.